The average molecular weight is 393 g/mol. The van der Waals surface area contributed by atoms with Crippen LogP contribution in [0.25, 0.3) is 11.2 Å². The number of methoxy groups -OCH3 is 2. The first kappa shape index (κ1) is 18.9. The van der Waals surface area contributed by atoms with E-state index in [2.05, 4.69) is 25.2 Å². The minimum Gasteiger partial charge on any atom is -0.497 e. The Morgan fingerprint density at radius 3 is 2.59 bits per heavy atom. The summed E-state index contributed by atoms with van der Waals surface area (Å²) in [6.07, 6.45) is 6.85. The van der Waals surface area contributed by atoms with Crippen LogP contribution in [-0.4, -0.2) is 48.2 Å². The molecule has 150 valence electrons. The number of nitrogens with one attached hydrogen (secondary N) is 1. The van der Waals surface area contributed by atoms with Gasteiger partial charge in [0.25, 0.3) is 0 Å². The summed E-state index contributed by atoms with van der Waals surface area (Å²) in [5.41, 5.74) is 2.99. The number of anilines is 2. The van der Waals surface area contributed by atoms with Crippen LogP contribution in [0.1, 0.15) is 12.8 Å². The van der Waals surface area contributed by atoms with E-state index in [1.807, 2.05) is 6.07 Å². The second kappa shape index (κ2) is 8.30. The number of nitrogens with zero attached hydrogens (tertiary/aromatic N) is 4. The van der Waals surface area contributed by atoms with Crippen molar-refractivity contribution in [2.75, 3.05) is 37.5 Å². The molecule has 0 bridgehead atoms. The van der Waals surface area contributed by atoms with Crippen molar-refractivity contribution < 1.29 is 14.3 Å². The van der Waals surface area contributed by atoms with E-state index >= 15 is 0 Å². The van der Waals surface area contributed by atoms with Crippen LogP contribution in [0.15, 0.2) is 42.9 Å². The van der Waals surface area contributed by atoms with Crippen molar-refractivity contribution in [1.82, 2.24) is 15.0 Å². The molecule has 0 radical (unpaired) electrons. The molecule has 1 aromatic carbocycles. The van der Waals surface area contributed by atoms with Gasteiger partial charge in [0.05, 0.1) is 32.0 Å². The normalized spacial score (nSPS) is 16.5. The fraction of sp³-hybridized carbons (Fsp3) is 0.333. The number of hydrogen-bond acceptors (Lipinski definition) is 7. The monoisotopic (exact) mass is 393 g/mol. The Hall–Kier alpha value is -3.42. The van der Waals surface area contributed by atoms with Crippen molar-refractivity contribution in [3.8, 4) is 11.5 Å². The van der Waals surface area contributed by atoms with Crippen molar-refractivity contribution in [2.45, 2.75) is 12.8 Å². The molecule has 1 aliphatic rings. The summed E-state index contributed by atoms with van der Waals surface area (Å²) in [5, 5.41) is 3.00. The molecule has 1 atom stereocenters. The first-order valence-electron chi connectivity index (χ1n) is 9.52. The van der Waals surface area contributed by atoms with Crippen molar-refractivity contribution in [1.29, 1.82) is 0 Å². The third-order valence-electron chi connectivity index (χ3n) is 5.09. The predicted octanol–water partition coefficient (Wildman–Crippen LogP) is 2.90. The number of piperidine rings is 1. The van der Waals surface area contributed by atoms with E-state index in [9.17, 15) is 4.79 Å². The highest BCUT2D eigenvalue weighted by atomic mass is 16.5. The zero-order valence-corrected chi connectivity index (χ0v) is 16.5. The van der Waals surface area contributed by atoms with E-state index in [-0.39, 0.29) is 11.8 Å². The number of fused-ring (bicyclic) bond motifs is 1. The lowest BCUT2D eigenvalue weighted by molar-refractivity contribution is -0.120. The Morgan fingerprint density at radius 1 is 1.07 bits per heavy atom. The number of benzene rings is 1. The lowest BCUT2D eigenvalue weighted by Gasteiger charge is -2.33. The van der Waals surface area contributed by atoms with Crippen LogP contribution >= 0.6 is 0 Å². The highest BCUT2D eigenvalue weighted by Gasteiger charge is 2.26. The quantitative estimate of drug-likeness (QED) is 0.713. The van der Waals surface area contributed by atoms with E-state index in [0.29, 0.717) is 29.4 Å². The zero-order valence-electron chi connectivity index (χ0n) is 16.5. The van der Waals surface area contributed by atoms with Crippen LogP contribution < -0.4 is 19.7 Å². The largest absolute Gasteiger partial charge is 0.497 e. The Bertz CT molecular complexity index is 1000. The fourth-order valence-corrected chi connectivity index (χ4v) is 3.57. The van der Waals surface area contributed by atoms with Gasteiger partial charge in [0, 0.05) is 49.4 Å². The molecule has 8 nitrogen and oxygen atoms in total. The second-order valence-electron chi connectivity index (χ2n) is 6.97. The van der Waals surface area contributed by atoms with Crippen molar-refractivity contribution >= 4 is 28.4 Å². The topological polar surface area (TPSA) is 89.5 Å². The molecule has 1 fully saturated rings. The molecule has 1 N–H and O–H groups in total. The predicted molar refractivity (Wildman–Crippen MR) is 110 cm³/mol. The molecule has 0 spiro atoms. The number of carbonyl (C=O) groups excluding carboxylic acids is 1. The highest BCUT2D eigenvalue weighted by molar-refractivity contribution is 5.93. The van der Waals surface area contributed by atoms with Crippen LogP contribution in [0.5, 0.6) is 11.5 Å². The standard InChI is InChI=1S/C21H23N5O3/c1-28-17-8-15(9-18(11-17)29-2)25-21(27)14-4-3-7-26(13-14)16-10-19-20(24-12-16)23-6-5-22-19/h5-6,8-12,14H,3-4,7,13H2,1-2H3,(H,25,27). The lowest BCUT2D eigenvalue weighted by Crippen LogP contribution is -2.40. The number of rotatable bonds is 5. The van der Waals surface area contributed by atoms with Crippen LogP contribution in [0.3, 0.4) is 0 Å². The van der Waals surface area contributed by atoms with Gasteiger partial charge < -0.3 is 19.7 Å². The number of aromatic nitrogens is 3. The molecule has 29 heavy (non-hydrogen) atoms. The average Bonchev–Trinajstić information content (AvgIpc) is 2.78. The first-order valence-corrected chi connectivity index (χ1v) is 9.52. The third-order valence-corrected chi connectivity index (χ3v) is 5.09. The molecule has 4 rings (SSSR count). The first-order chi connectivity index (χ1) is 14.2. The molecule has 3 aromatic rings. The van der Waals surface area contributed by atoms with Gasteiger partial charge >= 0.3 is 0 Å². The van der Waals surface area contributed by atoms with Crippen LogP contribution in [0, 0.1) is 5.92 Å². The van der Waals surface area contributed by atoms with Gasteiger partial charge in [0.1, 0.15) is 17.0 Å². The second-order valence-corrected chi connectivity index (χ2v) is 6.97. The number of carbonyl (C=O) groups is 1. The number of amides is 1. The van der Waals surface area contributed by atoms with Gasteiger partial charge in [0.15, 0.2) is 5.65 Å². The van der Waals surface area contributed by atoms with Gasteiger partial charge in [0.2, 0.25) is 5.91 Å². The smallest absolute Gasteiger partial charge is 0.229 e. The van der Waals surface area contributed by atoms with E-state index in [0.717, 1.165) is 30.6 Å². The van der Waals surface area contributed by atoms with Gasteiger partial charge in [-0.2, -0.15) is 0 Å². The SMILES string of the molecule is COc1cc(NC(=O)C2CCCN(c3cnc4nccnc4c3)C2)cc(OC)c1. The Kier molecular flexibility index (Phi) is 5.41. The van der Waals surface area contributed by atoms with Gasteiger partial charge in [-0.25, -0.2) is 9.97 Å². The maximum absolute atomic E-state index is 12.9. The Balaban J connectivity index is 1.48. The Labute approximate surface area is 168 Å². The summed E-state index contributed by atoms with van der Waals surface area (Å²) in [5.74, 6) is 1.12. The maximum atomic E-state index is 12.9. The molecular weight excluding hydrogens is 370 g/mol. The van der Waals surface area contributed by atoms with Crippen molar-refractivity contribution in [3.05, 3.63) is 42.9 Å². The van der Waals surface area contributed by atoms with E-state index in [1.165, 1.54) is 0 Å². The highest BCUT2D eigenvalue weighted by Crippen LogP contribution is 2.28. The number of ether oxygens (including phenoxy) is 2. The third kappa shape index (κ3) is 4.21. The summed E-state index contributed by atoms with van der Waals surface area (Å²) in [6.45, 7) is 1.50. The molecule has 1 saturated heterocycles. The summed E-state index contributed by atoms with van der Waals surface area (Å²) >= 11 is 0. The summed E-state index contributed by atoms with van der Waals surface area (Å²) in [6, 6.07) is 7.32. The Morgan fingerprint density at radius 2 is 1.83 bits per heavy atom. The van der Waals surface area contributed by atoms with Crippen molar-refractivity contribution in [3.63, 3.8) is 0 Å². The van der Waals surface area contributed by atoms with Gasteiger partial charge in [-0.1, -0.05) is 0 Å². The van der Waals surface area contributed by atoms with Gasteiger partial charge in [-0.15, -0.1) is 0 Å². The molecule has 0 aliphatic carbocycles. The maximum Gasteiger partial charge on any atom is 0.229 e. The fourth-order valence-electron chi connectivity index (χ4n) is 3.57. The van der Waals surface area contributed by atoms with Crippen LogP contribution in [0.2, 0.25) is 0 Å². The molecular formula is C21H23N5O3. The molecule has 0 saturated carbocycles. The summed E-state index contributed by atoms with van der Waals surface area (Å²) < 4.78 is 10.6. The minimum absolute atomic E-state index is 0.0152. The molecule has 1 amide bonds. The number of hydrogen-bond donors (Lipinski definition) is 1. The molecule has 1 aliphatic heterocycles. The number of pyridine rings is 1. The van der Waals surface area contributed by atoms with Gasteiger partial charge in [-0.3, -0.25) is 9.78 Å². The van der Waals surface area contributed by atoms with Crippen molar-refractivity contribution in [2.24, 2.45) is 5.92 Å². The minimum atomic E-state index is -0.126. The summed E-state index contributed by atoms with van der Waals surface area (Å²) in [4.78, 5) is 28.0. The van der Waals surface area contributed by atoms with Crippen LogP contribution in [-0.2, 0) is 4.79 Å². The van der Waals surface area contributed by atoms with E-state index in [4.69, 9.17) is 9.47 Å². The molecule has 3 heterocycles. The lowest BCUT2D eigenvalue weighted by atomic mass is 9.96. The van der Waals surface area contributed by atoms with Gasteiger partial charge in [-0.05, 0) is 18.9 Å². The van der Waals surface area contributed by atoms with E-state index < -0.39 is 0 Å². The van der Waals surface area contributed by atoms with E-state index in [1.54, 1.807) is 51.0 Å². The molecule has 2 aromatic heterocycles. The van der Waals surface area contributed by atoms with Crippen LogP contribution in [0.4, 0.5) is 11.4 Å². The summed E-state index contributed by atoms with van der Waals surface area (Å²) in [7, 11) is 3.17. The molecule has 8 heteroatoms. The zero-order chi connectivity index (χ0) is 20.2. The molecule has 1 unspecified atom stereocenters.